The predicted molar refractivity (Wildman–Crippen MR) is 89.3 cm³/mol. The average Bonchev–Trinajstić information content (AvgIpc) is 2.47. The van der Waals surface area contributed by atoms with Gasteiger partial charge in [0, 0.05) is 22.0 Å². The molecule has 0 aliphatic heterocycles. The van der Waals surface area contributed by atoms with Crippen LogP contribution in [-0.2, 0) is 6.42 Å². The van der Waals surface area contributed by atoms with Crippen molar-refractivity contribution in [2.24, 2.45) is 0 Å². The summed E-state index contributed by atoms with van der Waals surface area (Å²) < 4.78 is 1.03. The Kier molecular flexibility index (Phi) is 4.04. The summed E-state index contributed by atoms with van der Waals surface area (Å²) >= 11 is 3.45. The van der Waals surface area contributed by atoms with E-state index in [-0.39, 0.29) is 0 Å². The van der Waals surface area contributed by atoms with E-state index in [1.807, 2.05) is 55.5 Å². The van der Waals surface area contributed by atoms with Crippen molar-refractivity contribution in [1.29, 1.82) is 0 Å². The lowest BCUT2D eigenvalue weighted by molar-refractivity contribution is 0.176. The van der Waals surface area contributed by atoms with Gasteiger partial charge in [-0.3, -0.25) is 4.98 Å². The zero-order valence-corrected chi connectivity index (χ0v) is 13.3. The molecule has 1 aromatic heterocycles. The molecule has 0 amide bonds. The molecule has 1 unspecified atom stereocenters. The van der Waals surface area contributed by atoms with Crippen LogP contribution >= 0.6 is 15.9 Å². The largest absolute Gasteiger partial charge is 0.388 e. The molecule has 1 atom stereocenters. The molecular weight excluding hydrogens is 326 g/mol. The van der Waals surface area contributed by atoms with Gasteiger partial charge in [0.1, 0.15) is 0 Å². The summed E-state index contributed by atoms with van der Waals surface area (Å²) in [5.41, 5.74) is 3.91. The van der Waals surface area contributed by atoms with Gasteiger partial charge in [-0.25, -0.2) is 0 Å². The van der Waals surface area contributed by atoms with Gasteiger partial charge in [0.25, 0.3) is 0 Å². The van der Waals surface area contributed by atoms with Gasteiger partial charge in [-0.15, -0.1) is 0 Å². The highest BCUT2D eigenvalue weighted by Crippen LogP contribution is 2.24. The maximum Gasteiger partial charge on any atom is 0.0848 e. The number of fused-ring (bicyclic) bond motifs is 1. The normalized spacial score (nSPS) is 12.5. The minimum atomic E-state index is -0.535. The van der Waals surface area contributed by atoms with Gasteiger partial charge >= 0.3 is 0 Å². The van der Waals surface area contributed by atoms with Crippen LogP contribution < -0.4 is 0 Å². The van der Waals surface area contributed by atoms with E-state index in [4.69, 9.17) is 0 Å². The highest BCUT2D eigenvalue weighted by atomic mass is 79.9. The molecule has 2 nitrogen and oxygen atoms in total. The second kappa shape index (κ2) is 5.96. The summed E-state index contributed by atoms with van der Waals surface area (Å²) in [6.07, 6.45) is -0.0143. The maximum absolute atomic E-state index is 10.5. The Morgan fingerprint density at radius 3 is 2.71 bits per heavy atom. The molecule has 0 saturated carbocycles. The van der Waals surface area contributed by atoms with Crippen LogP contribution in [0, 0.1) is 6.92 Å². The van der Waals surface area contributed by atoms with Crippen LogP contribution in [0.5, 0.6) is 0 Å². The van der Waals surface area contributed by atoms with E-state index in [1.54, 1.807) is 0 Å². The molecule has 3 aromatic rings. The van der Waals surface area contributed by atoms with Crippen LogP contribution in [0.3, 0.4) is 0 Å². The van der Waals surface area contributed by atoms with E-state index in [2.05, 4.69) is 27.0 Å². The van der Waals surface area contributed by atoms with Gasteiger partial charge in [0.15, 0.2) is 0 Å². The minimum Gasteiger partial charge on any atom is -0.388 e. The van der Waals surface area contributed by atoms with Crippen molar-refractivity contribution in [2.45, 2.75) is 19.4 Å². The quantitative estimate of drug-likeness (QED) is 0.756. The second-order valence-electron chi connectivity index (χ2n) is 5.22. The number of para-hydroxylation sites is 1. The van der Waals surface area contributed by atoms with Crippen LogP contribution in [0.2, 0.25) is 0 Å². The molecule has 0 aliphatic rings. The molecule has 0 spiro atoms. The summed E-state index contributed by atoms with van der Waals surface area (Å²) in [6.45, 7) is 2.01. The van der Waals surface area contributed by atoms with Crippen LogP contribution in [0.1, 0.15) is 22.9 Å². The molecule has 1 heterocycles. The van der Waals surface area contributed by atoms with Crippen LogP contribution in [0.15, 0.2) is 59.1 Å². The number of hydrogen-bond acceptors (Lipinski definition) is 2. The number of rotatable bonds is 3. The van der Waals surface area contributed by atoms with Crippen molar-refractivity contribution in [3.05, 3.63) is 75.9 Å². The highest BCUT2D eigenvalue weighted by Gasteiger charge is 2.12. The number of hydrogen-bond donors (Lipinski definition) is 1. The molecule has 3 heteroatoms. The average molecular weight is 342 g/mol. The number of aromatic nitrogens is 1. The standard InChI is InChI=1S/C18H16BrNO/c1-12-10-14(19)7-9-16(12)18(21)11-15-8-6-13-4-2-3-5-17(13)20-15/h2-10,18,21H,11H2,1H3. The monoisotopic (exact) mass is 341 g/mol. The smallest absolute Gasteiger partial charge is 0.0848 e. The number of aryl methyl sites for hydroxylation is 1. The molecule has 2 aromatic carbocycles. The summed E-state index contributed by atoms with van der Waals surface area (Å²) in [7, 11) is 0. The van der Waals surface area contributed by atoms with E-state index < -0.39 is 6.10 Å². The van der Waals surface area contributed by atoms with Gasteiger partial charge in [0.2, 0.25) is 0 Å². The Hall–Kier alpha value is -1.71. The zero-order valence-electron chi connectivity index (χ0n) is 11.8. The number of nitrogens with zero attached hydrogens (tertiary/aromatic N) is 1. The Balaban J connectivity index is 1.87. The van der Waals surface area contributed by atoms with Crippen molar-refractivity contribution in [1.82, 2.24) is 4.98 Å². The van der Waals surface area contributed by atoms with E-state index >= 15 is 0 Å². The predicted octanol–water partition coefficient (Wildman–Crippen LogP) is 4.58. The Morgan fingerprint density at radius 2 is 1.90 bits per heavy atom. The molecular formula is C18H16BrNO. The lowest BCUT2D eigenvalue weighted by atomic mass is 9.99. The van der Waals surface area contributed by atoms with E-state index in [0.29, 0.717) is 6.42 Å². The van der Waals surface area contributed by atoms with Crippen LogP contribution in [0.4, 0.5) is 0 Å². The molecule has 0 fully saturated rings. The Labute approximate surface area is 132 Å². The molecule has 106 valence electrons. The van der Waals surface area contributed by atoms with Gasteiger partial charge in [-0.1, -0.05) is 46.3 Å². The third-order valence-corrected chi connectivity index (χ3v) is 4.14. The first-order valence-corrected chi connectivity index (χ1v) is 7.71. The van der Waals surface area contributed by atoms with Gasteiger partial charge in [-0.2, -0.15) is 0 Å². The third kappa shape index (κ3) is 3.14. The molecule has 0 radical (unpaired) electrons. The van der Waals surface area contributed by atoms with Gasteiger partial charge in [-0.05, 0) is 42.3 Å². The summed E-state index contributed by atoms with van der Waals surface area (Å²) in [6, 6.07) is 18.0. The maximum atomic E-state index is 10.5. The van der Waals surface area contributed by atoms with Crippen molar-refractivity contribution in [3.63, 3.8) is 0 Å². The molecule has 3 rings (SSSR count). The second-order valence-corrected chi connectivity index (χ2v) is 6.13. The van der Waals surface area contributed by atoms with Crippen LogP contribution in [0.25, 0.3) is 10.9 Å². The number of aliphatic hydroxyl groups is 1. The number of pyridine rings is 1. The number of aliphatic hydroxyl groups excluding tert-OH is 1. The lowest BCUT2D eigenvalue weighted by Crippen LogP contribution is -2.05. The van der Waals surface area contributed by atoms with E-state index in [1.165, 1.54) is 0 Å². The Bertz CT molecular complexity index is 785. The molecule has 0 bridgehead atoms. The topological polar surface area (TPSA) is 33.1 Å². The van der Waals surface area contributed by atoms with Gasteiger partial charge < -0.3 is 5.11 Å². The van der Waals surface area contributed by atoms with Crippen molar-refractivity contribution >= 4 is 26.8 Å². The molecule has 0 saturated heterocycles. The summed E-state index contributed by atoms with van der Waals surface area (Å²) in [5, 5.41) is 11.6. The van der Waals surface area contributed by atoms with E-state index in [9.17, 15) is 5.11 Å². The van der Waals surface area contributed by atoms with Crippen LogP contribution in [-0.4, -0.2) is 10.1 Å². The third-order valence-electron chi connectivity index (χ3n) is 3.65. The minimum absolute atomic E-state index is 0.521. The van der Waals surface area contributed by atoms with Crippen molar-refractivity contribution < 1.29 is 5.11 Å². The van der Waals surface area contributed by atoms with Crippen molar-refractivity contribution in [2.75, 3.05) is 0 Å². The fourth-order valence-corrected chi connectivity index (χ4v) is 3.02. The first-order chi connectivity index (χ1) is 10.1. The SMILES string of the molecule is Cc1cc(Br)ccc1C(O)Cc1ccc2ccccc2n1. The molecule has 1 N–H and O–H groups in total. The Morgan fingerprint density at radius 1 is 1.10 bits per heavy atom. The fraction of sp³-hybridized carbons (Fsp3) is 0.167. The lowest BCUT2D eigenvalue weighted by Gasteiger charge is -2.14. The first-order valence-electron chi connectivity index (χ1n) is 6.92. The van der Waals surface area contributed by atoms with E-state index in [0.717, 1.165) is 32.2 Å². The summed E-state index contributed by atoms with van der Waals surface area (Å²) in [5.74, 6) is 0. The number of benzene rings is 2. The summed E-state index contributed by atoms with van der Waals surface area (Å²) in [4.78, 5) is 4.62. The van der Waals surface area contributed by atoms with Crippen molar-refractivity contribution in [3.8, 4) is 0 Å². The first kappa shape index (κ1) is 14.2. The highest BCUT2D eigenvalue weighted by molar-refractivity contribution is 9.10. The molecule has 21 heavy (non-hydrogen) atoms. The number of halogens is 1. The molecule has 0 aliphatic carbocycles. The van der Waals surface area contributed by atoms with Gasteiger partial charge in [0.05, 0.1) is 11.6 Å². The zero-order chi connectivity index (χ0) is 14.8. The fourth-order valence-electron chi connectivity index (χ4n) is 2.54.